The molecule has 4 rings (SSSR count). The lowest BCUT2D eigenvalue weighted by Gasteiger charge is -2.21. The molecule has 0 unspecified atom stereocenters. The molecule has 0 fully saturated rings. The van der Waals surface area contributed by atoms with Crippen LogP contribution >= 0.6 is 0 Å². The summed E-state index contributed by atoms with van der Waals surface area (Å²) < 4.78 is 12.5. The molecule has 0 saturated carbocycles. The molecule has 0 aliphatic carbocycles. The number of nitrogens with one attached hydrogen (secondary N) is 1. The number of aromatic hydroxyl groups is 2. The fourth-order valence-electron chi connectivity index (χ4n) is 3.97. The van der Waals surface area contributed by atoms with Crippen molar-refractivity contribution in [1.82, 2.24) is 20.1 Å². The summed E-state index contributed by atoms with van der Waals surface area (Å²) in [5.74, 6) is -1.14. The van der Waals surface area contributed by atoms with Gasteiger partial charge in [-0.05, 0) is 30.2 Å². The SMILES string of the molecule is COc1cc([C@H](CC(=O)N[C@@H](c2ccccc2)c2ncn(C)n2)c2oc(C)cc(=O)c2O)ccc1O. The zero-order valence-corrected chi connectivity index (χ0v) is 20.0. The largest absolute Gasteiger partial charge is 0.504 e. The van der Waals surface area contributed by atoms with E-state index in [1.54, 1.807) is 31.0 Å². The Bertz CT molecular complexity index is 1430. The van der Waals surface area contributed by atoms with Crippen LogP contribution in [0.15, 0.2) is 70.1 Å². The summed E-state index contributed by atoms with van der Waals surface area (Å²) in [5, 5.41) is 27.9. The summed E-state index contributed by atoms with van der Waals surface area (Å²) in [4.78, 5) is 30.0. The van der Waals surface area contributed by atoms with E-state index in [9.17, 15) is 19.8 Å². The van der Waals surface area contributed by atoms with Gasteiger partial charge in [0.05, 0.1) is 13.0 Å². The van der Waals surface area contributed by atoms with E-state index in [2.05, 4.69) is 15.4 Å². The normalized spacial score (nSPS) is 12.6. The van der Waals surface area contributed by atoms with Crippen LogP contribution in [0.5, 0.6) is 17.2 Å². The first-order chi connectivity index (χ1) is 17.3. The maximum absolute atomic E-state index is 13.4. The van der Waals surface area contributed by atoms with Crippen molar-refractivity contribution in [2.75, 3.05) is 7.11 Å². The van der Waals surface area contributed by atoms with Crippen LogP contribution in [0.3, 0.4) is 0 Å². The van der Waals surface area contributed by atoms with Gasteiger partial charge in [-0.15, -0.1) is 0 Å². The van der Waals surface area contributed by atoms with Gasteiger partial charge in [0, 0.05) is 19.5 Å². The summed E-state index contributed by atoms with van der Waals surface area (Å²) in [6.45, 7) is 1.58. The topological polar surface area (TPSA) is 140 Å². The molecule has 2 aromatic carbocycles. The van der Waals surface area contributed by atoms with Crippen LogP contribution in [-0.4, -0.2) is 38.0 Å². The predicted molar refractivity (Wildman–Crippen MR) is 130 cm³/mol. The Morgan fingerprint density at radius 2 is 1.89 bits per heavy atom. The fourth-order valence-corrected chi connectivity index (χ4v) is 3.97. The Hall–Kier alpha value is -4.60. The van der Waals surface area contributed by atoms with Crippen molar-refractivity contribution in [2.24, 2.45) is 7.05 Å². The summed E-state index contributed by atoms with van der Waals surface area (Å²) in [6, 6.07) is 14.3. The quantitative estimate of drug-likeness (QED) is 0.343. The van der Waals surface area contributed by atoms with Crippen LogP contribution in [0.4, 0.5) is 0 Å². The Labute approximate surface area is 206 Å². The number of carbonyl (C=O) groups is 1. The lowest BCUT2D eigenvalue weighted by Crippen LogP contribution is -2.31. The molecule has 3 N–H and O–H groups in total. The predicted octanol–water partition coefficient (Wildman–Crippen LogP) is 2.92. The van der Waals surface area contributed by atoms with E-state index < -0.39 is 29.0 Å². The lowest BCUT2D eigenvalue weighted by molar-refractivity contribution is -0.122. The number of phenolic OH excluding ortho intramolecular Hbond substituents is 1. The Kier molecular flexibility index (Phi) is 7.05. The van der Waals surface area contributed by atoms with Crippen molar-refractivity contribution in [3.05, 3.63) is 99.6 Å². The molecule has 186 valence electrons. The highest BCUT2D eigenvalue weighted by atomic mass is 16.5. The molecule has 0 aliphatic heterocycles. The van der Waals surface area contributed by atoms with Crippen LogP contribution < -0.4 is 15.5 Å². The molecular weight excluding hydrogens is 464 g/mol. The van der Waals surface area contributed by atoms with Crippen molar-refractivity contribution in [3.63, 3.8) is 0 Å². The average molecular weight is 491 g/mol. The summed E-state index contributed by atoms with van der Waals surface area (Å²) in [6.07, 6.45) is 1.35. The second-order valence-electron chi connectivity index (χ2n) is 8.31. The second kappa shape index (κ2) is 10.3. The highest BCUT2D eigenvalue weighted by Crippen LogP contribution is 2.37. The zero-order chi connectivity index (χ0) is 25.8. The molecule has 2 heterocycles. The number of phenols is 1. The van der Waals surface area contributed by atoms with Crippen LogP contribution in [0.2, 0.25) is 0 Å². The third-order valence-corrected chi connectivity index (χ3v) is 5.70. The number of methoxy groups -OCH3 is 1. The maximum atomic E-state index is 13.4. The highest BCUT2D eigenvalue weighted by molar-refractivity contribution is 5.78. The van der Waals surface area contributed by atoms with Gasteiger partial charge in [-0.25, -0.2) is 4.98 Å². The van der Waals surface area contributed by atoms with Gasteiger partial charge >= 0.3 is 0 Å². The molecule has 0 aliphatic rings. The van der Waals surface area contributed by atoms with E-state index in [1.165, 1.54) is 25.3 Å². The number of hydrogen-bond donors (Lipinski definition) is 3. The Balaban J connectivity index is 1.72. The molecule has 10 nitrogen and oxygen atoms in total. The average Bonchev–Trinajstić information content (AvgIpc) is 3.30. The van der Waals surface area contributed by atoms with Crippen molar-refractivity contribution >= 4 is 5.91 Å². The van der Waals surface area contributed by atoms with Gasteiger partial charge in [-0.2, -0.15) is 5.10 Å². The molecular formula is C26H26N4O6. The molecule has 0 bridgehead atoms. The first-order valence-corrected chi connectivity index (χ1v) is 11.2. The van der Waals surface area contributed by atoms with Crippen molar-refractivity contribution in [1.29, 1.82) is 0 Å². The molecule has 0 saturated heterocycles. The number of ether oxygens (including phenoxy) is 1. The van der Waals surface area contributed by atoms with E-state index >= 15 is 0 Å². The number of hydrogen-bond acceptors (Lipinski definition) is 8. The van der Waals surface area contributed by atoms with Crippen molar-refractivity contribution in [3.8, 4) is 17.2 Å². The third kappa shape index (κ3) is 5.22. The van der Waals surface area contributed by atoms with Gasteiger partial charge in [0.15, 0.2) is 23.1 Å². The summed E-state index contributed by atoms with van der Waals surface area (Å²) in [7, 11) is 3.13. The molecule has 0 spiro atoms. The number of aromatic nitrogens is 3. The number of amides is 1. The maximum Gasteiger partial charge on any atom is 0.227 e. The van der Waals surface area contributed by atoms with Crippen LogP contribution in [0, 0.1) is 6.92 Å². The van der Waals surface area contributed by atoms with E-state index in [0.29, 0.717) is 11.4 Å². The van der Waals surface area contributed by atoms with E-state index in [1.807, 2.05) is 30.3 Å². The lowest BCUT2D eigenvalue weighted by atomic mass is 9.91. The van der Waals surface area contributed by atoms with Crippen LogP contribution in [0.25, 0.3) is 0 Å². The molecule has 4 aromatic rings. The van der Waals surface area contributed by atoms with Gasteiger partial charge in [0.2, 0.25) is 17.1 Å². The van der Waals surface area contributed by atoms with Crippen LogP contribution in [-0.2, 0) is 11.8 Å². The first kappa shape index (κ1) is 24.5. The highest BCUT2D eigenvalue weighted by Gasteiger charge is 2.29. The van der Waals surface area contributed by atoms with Crippen LogP contribution in [0.1, 0.15) is 46.9 Å². The van der Waals surface area contributed by atoms with Gasteiger partial charge in [0.25, 0.3) is 0 Å². The molecule has 1 amide bonds. The minimum Gasteiger partial charge on any atom is -0.504 e. The number of aryl methyl sites for hydroxylation is 2. The van der Waals surface area contributed by atoms with Gasteiger partial charge < -0.3 is 24.7 Å². The van der Waals surface area contributed by atoms with Gasteiger partial charge in [0.1, 0.15) is 18.1 Å². The minimum absolute atomic E-state index is 0.0601. The monoisotopic (exact) mass is 490 g/mol. The van der Waals surface area contributed by atoms with E-state index in [-0.39, 0.29) is 29.4 Å². The Morgan fingerprint density at radius 3 is 2.56 bits per heavy atom. The van der Waals surface area contributed by atoms with Gasteiger partial charge in [-0.1, -0.05) is 36.4 Å². The van der Waals surface area contributed by atoms with E-state index in [4.69, 9.17) is 9.15 Å². The number of benzene rings is 2. The molecule has 0 radical (unpaired) electrons. The van der Waals surface area contributed by atoms with Crippen molar-refractivity contribution < 1.29 is 24.2 Å². The zero-order valence-electron chi connectivity index (χ0n) is 20.0. The molecule has 36 heavy (non-hydrogen) atoms. The number of rotatable bonds is 8. The van der Waals surface area contributed by atoms with Gasteiger partial charge in [-0.3, -0.25) is 14.3 Å². The van der Waals surface area contributed by atoms with E-state index in [0.717, 1.165) is 5.56 Å². The second-order valence-corrected chi connectivity index (χ2v) is 8.31. The third-order valence-electron chi connectivity index (χ3n) is 5.70. The molecule has 10 heteroatoms. The first-order valence-electron chi connectivity index (χ1n) is 11.2. The standard InChI is InChI=1S/C26H26N4O6/c1-15-11-20(32)24(34)25(36-15)18(17-9-10-19(31)21(12-17)35-3)13-22(33)28-23(16-7-5-4-6-8-16)26-27-14-30(2)29-26/h4-12,14,18,23,31,34H,13H2,1-3H3,(H,28,33)/t18-,23-/m0/s1. The number of carbonyl (C=O) groups excluding carboxylic acids is 1. The fraction of sp³-hybridized carbons (Fsp3) is 0.231. The molecule has 2 atom stereocenters. The number of nitrogens with zero attached hydrogens (tertiary/aromatic N) is 3. The van der Waals surface area contributed by atoms with Crippen molar-refractivity contribution in [2.45, 2.75) is 25.3 Å². The Morgan fingerprint density at radius 1 is 1.14 bits per heavy atom. The molecule has 2 aromatic heterocycles. The smallest absolute Gasteiger partial charge is 0.227 e. The summed E-state index contributed by atoms with van der Waals surface area (Å²) in [5.41, 5.74) is 0.658. The summed E-state index contributed by atoms with van der Waals surface area (Å²) >= 11 is 0. The minimum atomic E-state index is -0.861.